The Hall–Kier alpha value is -1.47. The number of aromatic nitrogens is 2. The summed E-state index contributed by atoms with van der Waals surface area (Å²) in [7, 11) is 0. The maximum Gasteiger partial charge on any atom is 0.260 e. The number of fused-ring (bicyclic) bond motifs is 3. The molecule has 0 fully saturated rings. The van der Waals surface area contributed by atoms with E-state index < -0.39 is 5.82 Å². The van der Waals surface area contributed by atoms with Crippen molar-refractivity contribution in [2.24, 2.45) is 0 Å². The normalized spacial score (nSPS) is 14.8. The Balaban J connectivity index is 1.56. The number of nitrogens with zero attached hydrogens (tertiary/aromatic N) is 1. The molecule has 0 spiro atoms. The number of hydrogen-bond donors (Lipinski definition) is 2. The van der Waals surface area contributed by atoms with E-state index in [4.69, 9.17) is 23.2 Å². The van der Waals surface area contributed by atoms with Crippen LogP contribution in [-0.2, 0) is 19.4 Å². The molecule has 0 saturated heterocycles. The van der Waals surface area contributed by atoms with Crippen LogP contribution < -0.4 is 10.9 Å². The summed E-state index contributed by atoms with van der Waals surface area (Å²) in [5, 5.41) is 3.14. The Morgan fingerprint density at radius 1 is 1.35 bits per heavy atom. The number of nitrogens with one attached hydrogen (secondary N) is 1. The van der Waals surface area contributed by atoms with Crippen molar-refractivity contribution in [3.8, 4) is 0 Å². The molecule has 2 aromatic heterocycles. The first kappa shape index (κ1) is 17.9. The lowest BCUT2D eigenvalue weighted by atomic mass is 10.1. The van der Waals surface area contributed by atoms with Crippen molar-refractivity contribution < 1.29 is 9.71 Å². The van der Waals surface area contributed by atoms with Gasteiger partial charge in [-0.15, -0.1) is 11.3 Å². The predicted octanol–water partition coefficient (Wildman–Crippen LogP) is 3.74. The summed E-state index contributed by atoms with van der Waals surface area (Å²) >= 11 is 13.6. The molecule has 0 amide bonds. The Bertz CT molecular complexity index is 1060. The van der Waals surface area contributed by atoms with E-state index in [-0.39, 0.29) is 16.6 Å². The number of hydrogen-bond acceptors (Lipinski definition) is 3. The molecule has 26 heavy (non-hydrogen) atoms. The van der Waals surface area contributed by atoms with Crippen molar-refractivity contribution in [3.63, 3.8) is 0 Å². The summed E-state index contributed by atoms with van der Waals surface area (Å²) in [6.45, 7) is 2.39. The molecule has 0 unspecified atom stereocenters. The minimum atomic E-state index is -0.493. The molecule has 3 aromatic rings. The summed E-state index contributed by atoms with van der Waals surface area (Å²) < 4.78 is 13.7. The van der Waals surface area contributed by atoms with Gasteiger partial charge in [0.2, 0.25) is 0 Å². The third-order valence-corrected chi connectivity index (χ3v) is 6.62. The second-order valence-corrected chi connectivity index (χ2v) is 8.46. The molecule has 1 aliphatic rings. The molecule has 1 aromatic carbocycles. The van der Waals surface area contributed by atoms with E-state index in [9.17, 15) is 9.18 Å². The number of aryl methyl sites for hydroxylation is 2. The van der Waals surface area contributed by atoms with Gasteiger partial charge in [-0.05, 0) is 43.9 Å². The van der Waals surface area contributed by atoms with Crippen LogP contribution in [0.1, 0.15) is 41.2 Å². The van der Waals surface area contributed by atoms with E-state index in [1.165, 1.54) is 22.6 Å². The molecule has 136 valence electrons. The number of rotatable bonds is 4. The Kier molecular flexibility index (Phi) is 4.77. The van der Waals surface area contributed by atoms with Crippen LogP contribution in [0.25, 0.3) is 10.2 Å². The summed E-state index contributed by atoms with van der Waals surface area (Å²) in [4.78, 5) is 22.1. The van der Waals surface area contributed by atoms with Crippen LogP contribution in [0.4, 0.5) is 4.39 Å². The van der Waals surface area contributed by atoms with E-state index in [2.05, 4.69) is 9.97 Å². The molecule has 0 aliphatic heterocycles. The van der Waals surface area contributed by atoms with Crippen molar-refractivity contribution in [3.05, 3.63) is 60.2 Å². The SMILES string of the molecule is C[C@@H]([NH2+]Cc1nc2sc3c(c2c(=O)[nH]1)CCC3)c1cc(F)c(Cl)cc1Cl. The van der Waals surface area contributed by atoms with Crippen LogP contribution in [-0.4, -0.2) is 9.97 Å². The molecule has 0 saturated carbocycles. The second kappa shape index (κ2) is 6.93. The molecule has 1 atom stereocenters. The van der Waals surface area contributed by atoms with Crippen LogP contribution in [0.5, 0.6) is 0 Å². The lowest BCUT2D eigenvalue weighted by molar-refractivity contribution is -0.708. The molecular weight excluding hydrogens is 396 g/mol. The molecular formula is C18H17Cl2FN3OS+. The van der Waals surface area contributed by atoms with Gasteiger partial charge in [0.05, 0.1) is 15.4 Å². The molecule has 3 N–H and O–H groups in total. The van der Waals surface area contributed by atoms with Crippen LogP contribution in [0.2, 0.25) is 10.0 Å². The molecule has 1 aliphatic carbocycles. The average Bonchev–Trinajstić information content (AvgIpc) is 3.16. The zero-order valence-corrected chi connectivity index (χ0v) is 16.4. The maximum absolute atomic E-state index is 13.7. The highest BCUT2D eigenvalue weighted by molar-refractivity contribution is 7.18. The largest absolute Gasteiger partial charge is 0.334 e. The van der Waals surface area contributed by atoms with Gasteiger partial charge in [0, 0.05) is 10.4 Å². The number of nitrogens with two attached hydrogens (primary N) is 1. The quantitative estimate of drug-likeness (QED) is 0.640. The number of halogens is 3. The highest BCUT2D eigenvalue weighted by Crippen LogP contribution is 2.34. The number of aromatic amines is 1. The lowest BCUT2D eigenvalue weighted by Gasteiger charge is -2.13. The lowest BCUT2D eigenvalue weighted by Crippen LogP contribution is -2.83. The van der Waals surface area contributed by atoms with E-state index in [1.54, 1.807) is 11.3 Å². The Morgan fingerprint density at radius 3 is 2.96 bits per heavy atom. The number of H-pyrrole nitrogens is 1. The molecule has 4 rings (SSSR count). The fourth-order valence-corrected chi connectivity index (χ4v) is 5.28. The highest BCUT2D eigenvalue weighted by Gasteiger charge is 2.22. The van der Waals surface area contributed by atoms with Crippen molar-refractivity contribution in [2.45, 2.75) is 38.8 Å². The summed E-state index contributed by atoms with van der Waals surface area (Å²) in [5.74, 6) is 0.118. The minimum absolute atomic E-state index is 0.00754. The fourth-order valence-electron chi connectivity index (χ4n) is 3.45. The topological polar surface area (TPSA) is 62.4 Å². The van der Waals surface area contributed by atoms with E-state index in [1.807, 2.05) is 12.2 Å². The Labute approximate surface area is 163 Å². The van der Waals surface area contributed by atoms with Gasteiger partial charge in [0.25, 0.3) is 5.56 Å². The van der Waals surface area contributed by atoms with Gasteiger partial charge in [-0.3, -0.25) is 4.79 Å². The molecule has 0 radical (unpaired) electrons. The van der Waals surface area contributed by atoms with E-state index in [0.29, 0.717) is 23.0 Å². The molecule has 4 nitrogen and oxygen atoms in total. The zero-order chi connectivity index (χ0) is 18.4. The van der Waals surface area contributed by atoms with Crippen LogP contribution in [0.15, 0.2) is 16.9 Å². The number of benzene rings is 1. The Morgan fingerprint density at radius 2 is 2.15 bits per heavy atom. The third-order valence-electron chi connectivity index (χ3n) is 4.82. The first-order valence-corrected chi connectivity index (χ1v) is 10.0. The standard InChI is InChI=1S/C18H16Cl2FN3OS/c1-8(10-5-13(21)12(20)6-11(10)19)22-7-15-23-17(25)16-9-3-2-4-14(9)26-18(16)24-15/h5-6,8,22H,2-4,7H2,1H3,(H,23,24,25)/p+1/t8-/m1/s1. The van der Waals surface area contributed by atoms with Gasteiger partial charge in [0.1, 0.15) is 23.2 Å². The van der Waals surface area contributed by atoms with Crippen molar-refractivity contribution >= 4 is 44.8 Å². The smallest absolute Gasteiger partial charge is 0.260 e. The predicted molar refractivity (Wildman–Crippen MR) is 103 cm³/mol. The van der Waals surface area contributed by atoms with Crippen molar-refractivity contribution in [1.29, 1.82) is 0 Å². The fraction of sp³-hybridized carbons (Fsp3) is 0.333. The van der Waals surface area contributed by atoms with Crippen LogP contribution >= 0.6 is 34.5 Å². The van der Waals surface area contributed by atoms with Crippen LogP contribution in [0.3, 0.4) is 0 Å². The summed E-state index contributed by atoms with van der Waals surface area (Å²) in [6, 6.07) is 2.66. The molecule has 0 bridgehead atoms. The first-order chi connectivity index (χ1) is 12.4. The van der Waals surface area contributed by atoms with Crippen molar-refractivity contribution in [1.82, 2.24) is 9.97 Å². The third kappa shape index (κ3) is 3.16. The van der Waals surface area contributed by atoms with Gasteiger partial charge < -0.3 is 10.3 Å². The second-order valence-electron chi connectivity index (χ2n) is 6.57. The van der Waals surface area contributed by atoms with Gasteiger partial charge in [0.15, 0.2) is 5.82 Å². The van der Waals surface area contributed by atoms with Gasteiger partial charge in [-0.25, -0.2) is 9.37 Å². The summed E-state index contributed by atoms with van der Waals surface area (Å²) in [5.41, 5.74) is 1.76. The van der Waals surface area contributed by atoms with E-state index >= 15 is 0 Å². The van der Waals surface area contributed by atoms with Gasteiger partial charge >= 0.3 is 0 Å². The summed E-state index contributed by atoms with van der Waals surface area (Å²) in [6.07, 6.45) is 3.11. The zero-order valence-electron chi connectivity index (χ0n) is 14.0. The van der Waals surface area contributed by atoms with Gasteiger partial charge in [-0.2, -0.15) is 0 Å². The van der Waals surface area contributed by atoms with Crippen molar-refractivity contribution in [2.75, 3.05) is 0 Å². The van der Waals surface area contributed by atoms with Gasteiger partial charge in [-0.1, -0.05) is 23.2 Å². The monoisotopic (exact) mass is 412 g/mol. The first-order valence-electron chi connectivity index (χ1n) is 8.45. The molecule has 8 heteroatoms. The minimum Gasteiger partial charge on any atom is -0.334 e. The maximum atomic E-state index is 13.7. The number of thiophene rings is 1. The van der Waals surface area contributed by atoms with E-state index in [0.717, 1.165) is 29.5 Å². The highest BCUT2D eigenvalue weighted by atomic mass is 35.5. The van der Waals surface area contributed by atoms with Crippen LogP contribution in [0, 0.1) is 5.82 Å². The molecule has 2 heterocycles. The average molecular weight is 413 g/mol. The number of quaternary nitrogens is 1.